The second-order valence-electron chi connectivity index (χ2n) is 13.1. The van der Waals surface area contributed by atoms with Crippen molar-refractivity contribution in [2.24, 2.45) is 5.92 Å². The Bertz CT molecular complexity index is 1170. The SMILES string of the molecule is COc1ccc(P(c2ccc(C)cc2)c2ccccc2C2CCCC2[C@@H](C)P(C(C)(C)C)C(C)(C)C)cc1. The van der Waals surface area contributed by atoms with E-state index in [0.717, 1.165) is 17.3 Å². The number of hydrogen-bond donors (Lipinski definition) is 0. The maximum atomic E-state index is 5.51. The molecule has 3 aromatic carbocycles. The minimum absolute atomic E-state index is 0.163. The molecule has 0 N–H and O–H groups in total. The van der Waals surface area contributed by atoms with Crippen molar-refractivity contribution in [1.82, 2.24) is 0 Å². The molecule has 3 unspecified atom stereocenters. The molecule has 0 saturated heterocycles. The summed E-state index contributed by atoms with van der Waals surface area (Å²) in [6, 6.07) is 27.5. The van der Waals surface area contributed by atoms with Gasteiger partial charge in [-0.2, -0.15) is 0 Å². The largest absolute Gasteiger partial charge is 0.497 e. The average Bonchev–Trinajstić information content (AvgIpc) is 3.34. The highest BCUT2D eigenvalue weighted by atomic mass is 31.1. The molecule has 4 rings (SSSR count). The topological polar surface area (TPSA) is 9.23 Å². The molecule has 1 saturated carbocycles. The number of methoxy groups -OCH3 is 1. The Hall–Kier alpha value is -1.68. The smallest absolute Gasteiger partial charge is 0.118 e. The molecule has 38 heavy (non-hydrogen) atoms. The number of aryl methyl sites for hydroxylation is 1. The summed E-state index contributed by atoms with van der Waals surface area (Å²) in [5, 5.41) is 5.05. The third kappa shape index (κ3) is 6.37. The van der Waals surface area contributed by atoms with Gasteiger partial charge in [-0.3, -0.25) is 0 Å². The van der Waals surface area contributed by atoms with Crippen molar-refractivity contribution in [3.8, 4) is 5.75 Å². The van der Waals surface area contributed by atoms with Gasteiger partial charge in [0.05, 0.1) is 7.11 Å². The third-order valence-corrected chi connectivity index (χ3v) is 14.8. The van der Waals surface area contributed by atoms with Gasteiger partial charge in [0, 0.05) is 0 Å². The van der Waals surface area contributed by atoms with Crippen molar-refractivity contribution in [1.29, 1.82) is 0 Å². The molecule has 1 aliphatic carbocycles. The van der Waals surface area contributed by atoms with E-state index in [0.29, 0.717) is 16.2 Å². The Balaban J connectivity index is 1.81. The molecule has 0 aliphatic heterocycles. The first-order chi connectivity index (χ1) is 17.9. The van der Waals surface area contributed by atoms with Crippen LogP contribution in [0.2, 0.25) is 0 Å². The van der Waals surface area contributed by atoms with Crippen LogP contribution < -0.4 is 20.7 Å². The Morgan fingerprint density at radius 2 is 1.32 bits per heavy atom. The Morgan fingerprint density at radius 3 is 1.87 bits per heavy atom. The van der Waals surface area contributed by atoms with E-state index in [4.69, 9.17) is 4.74 Å². The number of hydrogen-bond acceptors (Lipinski definition) is 1. The van der Waals surface area contributed by atoms with E-state index in [1.807, 2.05) is 0 Å². The maximum Gasteiger partial charge on any atom is 0.118 e. The van der Waals surface area contributed by atoms with Gasteiger partial charge in [0.1, 0.15) is 5.75 Å². The van der Waals surface area contributed by atoms with Crippen LogP contribution in [0.25, 0.3) is 0 Å². The summed E-state index contributed by atoms with van der Waals surface area (Å²) >= 11 is 0. The first kappa shape index (κ1) is 29.3. The van der Waals surface area contributed by atoms with Gasteiger partial charge in [-0.25, -0.2) is 0 Å². The van der Waals surface area contributed by atoms with Gasteiger partial charge in [-0.1, -0.05) is 129 Å². The lowest BCUT2D eigenvalue weighted by atomic mass is 9.87. The van der Waals surface area contributed by atoms with E-state index in [-0.39, 0.29) is 7.92 Å². The molecule has 0 heterocycles. The molecule has 0 radical (unpaired) electrons. The predicted octanol–water partition coefficient (Wildman–Crippen LogP) is 9.11. The zero-order valence-corrected chi connectivity index (χ0v) is 26.9. The van der Waals surface area contributed by atoms with Crippen molar-refractivity contribution >= 4 is 31.8 Å². The Morgan fingerprint density at radius 1 is 0.763 bits per heavy atom. The van der Waals surface area contributed by atoms with Gasteiger partial charge in [0.15, 0.2) is 0 Å². The van der Waals surface area contributed by atoms with Gasteiger partial charge in [-0.05, 0) is 89.1 Å². The lowest BCUT2D eigenvalue weighted by Crippen LogP contribution is -2.35. The highest BCUT2D eigenvalue weighted by Crippen LogP contribution is 2.66. The van der Waals surface area contributed by atoms with Crippen LogP contribution in [0.3, 0.4) is 0 Å². The van der Waals surface area contributed by atoms with E-state index in [1.165, 1.54) is 40.7 Å². The van der Waals surface area contributed by atoms with Crippen LogP contribution in [0.1, 0.15) is 84.8 Å². The maximum absolute atomic E-state index is 5.51. The van der Waals surface area contributed by atoms with Crippen molar-refractivity contribution < 1.29 is 4.74 Å². The van der Waals surface area contributed by atoms with Gasteiger partial charge in [-0.15, -0.1) is 0 Å². The van der Waals surface area contributed by atoms with Crippen LogP contribution in [0.15, 0.2) is 72.8 Å². The van der Waals surface area contributed by atoms with E-state index in [9.17, 15) is 0 Å². The van der Waals surface area contributed by atoms with Gasteiger partial charge >= 0.3 is 0 Å². The molecular weight excluding hydrogens is 498 g/mol. The summed E-state index contributed by atoms with van der Waals surface area (Å²) in [6.45, 7) is 19.7. The second kappa shape index (κ2) is 11.8. The molecule has 0 amide bonds. The highest BCUT2D eigenvalue weighted by Gasteiger charge is 2.44. The van der Waals surface area contributed by atoms with Crippen molar-refractivity contribution in [2.45, 2.75) is 96.5 Å². The molecule has 204 valence electrons. The predicted molar refractivity (Wildman–Crippen MR) is 172 cm³/mol. The van der Waals surface area contributed by atoms with Crippen molar-refractivity contribution in [3.63, 3.8) is 0 Å². The molecule has 1 fully saturated rings. The van der Waals surface area contributed by atoms with E-state index in [2.05, 4.69) is 128 Å². The summed E-state index contributed by atoms with van der Waals surface area (Å²) in [7, 11) is 0.924. The highest BCUT2D eigenvalue weighted by molar-refractivity contribution is 7.79. The number of ether oxygens (including phenoxy) is 1. The quantitative estimate of drug-likeness (QED) is 0.269. The van der Waals surface area contributed by atoms with E-state index >= 15 is 0 Å². The fourth-order valence-corrected chi connectivity index (χ4v) is 14.9. The minimum atomic E-state index is -0.662. The van der Waals surface area contributed by atoms with Crippen LogP contribution in [-0.4, -0.2) is 23.1 Å². The van der Waals surface area contributed by atoms with Gasteiger partial charge < -0.3 is 4.74 Å². The van der Waals surface area contributed by atoms with Gasteiger partial charge in [0.25, 0.3) is 0 Å². The standard InChI is InChI=1S/C35H48OP2/c1-25-17-21-28(22-18-25)37(29-23-19-27(36-9)20-24-29)33-16-11-10-13-32(33)31-15-12-14-30(31)26(2)38(34(3,4)5)35(6,7)8/h10-11,13,16-24,26,30-31H,12,14-15H2,1-9H3/t26-,30?,31?,37?/m1/s1. The molecule has 4 atom stereocenters. The fraction of sp³-hybridized carbons (Fsp3) is 0.486. The van der Waals surface area contributed by atoms with Crippen LogP contribution in [0, 0.1) is 12.8 Å². The average molecular weight is 547 g/mol. The fourth-order valence-electron chi connectivity index (χ4n) is 7.23. The number of benzene rings is 3. The van der Waals surface area contributed by atoms with Crippen LogP contribution in [-0.2, 0) is 0 Å². The van der Waals surface area contributed by atoms with Crippen LogP contribution in [0.4, 0.5) is 0 Å². The van der Waals surface area contributed by atoms with Crippen LogP contribution >= 0.6 is 15.8 Å². The zero-order valence-electron chi connectivity index (χ0n) is 25.1. The molecule has 3 heteroatoms. The monoisotopic (exact) mass is 546 g/mol. The summed E-state index contributed by atoms with van der Waals surface area (Å²) in [5.41, 5.74) is 3.65. The van der Waals surface area contributed by atoms with Crippen LogP contribution in [0.5, 0.6) is 5.75 Å². The lowest BCUT2D eigenvalue weighted by Gasteiger charge is -2.48. The molecule has 1 nitrogen and oxygen atoms in total. The Labute approximate surface area is 235 Å². The molecule has 1 aliphatic rings. The van der Waals surface area contributed by atoms with E-state index in [1.54, 1.807) is 12.7 Å². The molecule has 3 aromatic rings. The number of rotatable bonds is 7. The summed E-state index contributed by atoms with van der Waals surface area (Å²) < 4.78 is 5.51. The first-order valence-corrected chi connectivity index (χ1v) is 17.1. The van der Waals surface area contributed by atoms with E-state index < -0.39 is 7.92 Å². The summed E-state index contributed by atoms with van der Waals surface area (Å²) in [5.74, 6) is 2.29. The minimum Gasteiger partial charge on any atom is -0.497 e. The Kier molecular flexibility index (Phi) is 9.12. The summed E-state index contributed by atoms with van der Waals surface area (Å²) in [6.07, 6.45) is 4.01. The summed E-state index contributed by atoms with van der Waals surface area (Å²) in [4.78, 5) is 0. The van der Waals surface area contributed by atoms with Gasteiger partial charge in [0.2, 0.25) is 0 Å². The van der Waals surface area contributed by atoms with Crippen molar-refractivity contribution in [3.05, 3.63) is 83.9 Å². The normalized spacial score (nSPS) is 19.9. The second-order valence-corrected chi connectivity index (χ2v) is 19.5. The zero-order chi connectivity index (χ0) is 27.7. The molecule has 0 aromatic heterocycles. The lowest BCUT2D eigenvalue weighted by molar-refractivity contribution is 0.415. The third-order valence-electron chi connectivity index (χ3n) is 8.24. The molecule has 0 spiro atoms. The van der Waals surface area contributed by atoms with Crippen molar-refractivity contribution in [2.75, 3.05) is 7.11 Å². The first-order valence-electron chi connectivity index (χ1n) is 14.3. The molecular formula is C35H48OP2. The molecule has 0 bridgehead atoms.